The van der Waals surface area contributed by atoms with Crippen LogP contribution in [0.3, 0.4) is 0 Å². The number of thiophene rings is 1. The van der Waals surface area contributed by atoms with Crippen LogP contribution in [-0.2, 0) is 6.42 Å². The zero-order valence-electron chi connectivity index (χ0n) is 15.2. The molecule has 2 N–H and O–H groups in total. The van der Waals surface area contributed by atoms with Gasteiger partial charge in [0.1, 0.15) is 6.17 Å². The van der Waals surface area contributed by atoms with E-state index in [1.807, 2.05) is 11.3 Å². The number of aromatic amines is 1. The summed E-state index contributed by atoms with van der Waals surface area (Å²) in [6.45, 7) is 3.28. The van der Waals surface area contributed by atoms with Crippen molar-refractivity contribution in [1.82, 2.24) is 9.88 Å². The number of aryl methyl sites for hydroxylation is 1. The van der Waals surface area contributed by atoms with E-state index >= 15 is 0 Å². The molecule has 0 bridgehead atoms. The summed E-state index contributed by atoms with van der Waals surface area (Å²) in [4.78, 5) is 7.83. The molecule has 2 atom stereocenters. The van der Waals surface area contributed by atoms with Gasteiger partial charge < -0.3 is 10.3 Å². The molecule has 0 saturated carbocycles. The lowest BCUT2D eigenvalue weighted by atomic mass is 9.88. The molecule has 2 aliphatic rings. The number of fused-ring (bicyclic) bond motifs is 7. The highest BCUT2D eigenvalue weighted by Crippen LogP contribution is 2.48. The van der Waals surface area contributed by atoms with E-state index in [0.717, 1.165) is 13.0 Å². The summed E-state index contributed by atoms with van der Waals surface area (Å²) in [5.74, 6) is 0. The summed E-state index contributed by atoms with van der Waals surface area (Å²) in [6, 6.07) is 20.0. The largest absolute Gasteiger partial charge is 0.365 e. The zero-order chi connectivity index (χ0) is 18.0. The molecule has 3 nitrogen and oxygen atoms in total. The van der Waals surface area contributed by atoms with Gasteiger partial charge in [-0.05, 0) is 53.6 Å². The van der Waals surface area contributed by atoms with Gasteiger partial charge in [0.2, 0.25) is 0 Å². The number of hydrogen-bond acceptors (Lipinski definition) is 3. The molecule has 4 aromatic rings. The van der Waals surface area contributed by atoms with E-state index in [-0.39, 0.29) is 12.2 Å². The molecular formula is C23H21N3S. The van der Waals surface area contributed by atoms with Crippen LogP contribution in [0.15, 0.2) is 60.0 Å². The Morgan fingerprint density at radius 2 is 1.89 bits per heavy atom. The van der Waals surface area contributed by atoms with E-state index in [4.69, 9.17) is 0 Å². The minimum atomic E-state index is 0.226. The van der Waals surface area contributed by atoms with E-state index in [9.17, 15) is 0 Å². The highest BCUT2D eigenvalue weighted by atomic mass is 32.1. The third kappa shape index (κ3) is 2.17. The smallest absolute Gasteiger partial charge is 0.116 e. The van der Waals surface area contributed by atoms with Crippen LogP contribution in [0, 0.1) is 6.92 Å². The Bertz CT molecular complexity index is 1160. The standard InChI is InChI=1S/C23H21N3S/c1-14-11-13-27-22(14)23-25-19-9-5-3-7-17(19)21-20-16(10-12-26(21)23)15-6-2-4-8-18(15)24-20/h2-9,11,13,21,23-25H,10,12H2,1H3/t21-,23+/m0/s1. The van der Waals surface area contributed by atoms with Gasteiger partial charge in [0.15, 0.2) is 0 Å². The van der Waals surface area contributed by atoms with Crippen molar-refractivity contribution in [2.75, 3.05) is 11.9 Å². The third-order valence-corrected chi connectivity index (χ3v) is 7.17. The molecule has 0 radical (unpaired) electrons. The van der Waals surface area contributed by atoms with Crippen LogP contribution in [0.1, 0.15) is 39.5 Å². The number of rotatable bonds is 1. The molecule has 6 rings (SSSR count). The average Bonchev–Trinajstić information content (AvgIpc) is 3.30. The topological polar surface area (TPSA) is 31.1 Å². The van der Waals surface area contributed by atoms with Crippen molar-refractivity contribution in [1.29, 1.82) is 0 Å². The molecular weight excluding hydrogens is 350 g/mol. The molecule has 0 amide bonds. The van der Waals surface area contributed by atoms with Gasteiger partial charge in [-0.25, -0.2) is 0 Å². The van der Waals surface area contributed by atoms with Crippen LogP contribution >= 0.6 is 11.3 Å². The second kappa shape index (κ2) is 5.72. The number of H-pyrrole nitrogens is 1. The van der Waals surface area contributed by atoms with Gasteiger partial charge in [0.25, 0.3) is 0 Å². The first kappa shape index (κ1) is 15.5. The van der Waals surface area contributed by atoms with Gasteiger partial charge in [-0.1, -0.05) is 36.4 Å². The number of para-hydroxylation sites is 2. The van der Waals surface area contributed by atoms with E-state index in [1.54, 1.807) is 0 Å². The fourth-order valence-electron chi connectivity index (χ4n) is 4.85. The van der Waals surface area contributed by atoms with Crippen LogP contribution in [-0.4, -0.2) is 16.4 Å². The molecule has 0 unspecified atom stereocenters. The number of hydrogen-bond donors (Lipinski definition) is 2. The molecule has 2 aromatic heterocycles. The lowest BCUT2D eigenvalue weighted by Gasteiger charge is -2.46. The van der Waals surface area contributed by atoms with Crippen LogP contribution in [0.25, 0.3) is 10.9 Å². The Balaban J connectivity index is 1.59. The zero-order valence-corrected chi connectivity index (χ0v) is 16.0. The predicted molar refractivity (Wildman–Crippen MR) is 112 cm³/mol. The average molecular weight is 372 g/mol. The van der Waals surface area contributed by atoms with Crippen molar-refractivity contribution in [3.63, 3.8) is 0 Å². The first-order valence-corrected chi connectivity index (χ1v) is 10.4. The lowest BCUT2D eigenvalue weighted by molar-refractivity contribution is 0.153. The van der Waals surface area contributed by atoms with Gasteiger partial charge in [0, 0.05) is 33.7 Å². The van der Waals surface area contributed by atoms with Crippen molar-refractivity contribution in [2.24, 2.45) is 0 Å². The van der Waals surface area contributed by atoms with Gasteiger partial charge >= 0.3 is 0 Å². The maximum Gasteiger partial charge on any atom is 0.116 e. The maximum absolute atomic E-state index is 3.83. The number of benzene rings is 2. The van der Waals surface area contributed by atoms with Crippen LogP contribution < -0.4 is 5.32 Å². The predicted octanol–water partition coefficient (Wildman–Crippen LogP) is 5.61. The second-order valence-corrected chi connectivity index (χ2v) is 8.50. The normalized spacial score (nSPS) is 21.4. The first-order valence-electron chi connectivity index (χ1n) is 9.56. The first-order chi connectivity index (χ1) is 13.3. The summed E-state index contributed by atoms with van der Waals surface area (Å²) in [7, 11) is 0. The number of nitrogens with one attached hydrogen (secondary N) is 2. The Kier molecular flexibility index (Phi) is 3.28. The SMILES string of the molecule is Cc1ccsc1[C@@H]1Nc2ccccc2[C@H]2c3[nH]c4ccccc4c3CCN21. The van der Waals surface area contributed by atoms with Crippen molar-refractivity contribution >= 4 is 27.9 Å². The molecule has 0 fully saturated rings. The molecule has 134 valence electrons. The van der Waals surface area contributed by atoms with Crippen molar-refractivity contribution < 1.29 is 0 Å². The van der Waals surface area contributed by atoms with Crippen LogP contribution in [0.2, 0.25) is 0 Å². The summed E-state index contributed by atoms with van der Waals surface area (Å²) >= 11 is 1.86. The monoisotopic (exact) mass is 371 g/mol. The van der Waals surface area contributed by atoms with Crippen LogP contribution in [0.4, 0.5) is 5.69 Å². The summed E-state index contributed by atoms with van der Waals surface area (Å²) in [5.41, 5.74) is 8.11. The van der Waals surface area contributed by atoms with Crippen molar-refractivity contribution in [3.8, 4) is 0 Å². The number of aromatic nitrogens is 1. The fraction of sp³-hybridized carbons (Fsp3) is 0.217. The molecule has 4 heterocycles. The second-order valence-electron chi connectivity index (χ2n) is 7.56. The number of anilines is 1. The third-order valence-electron chi connectivity index (χ3n) is 6.10. The fourth-order valence-corrected chi connectivity index (χ4v) is 5.85. The molecule has 2 aliphatic heterocycles. The van der Waals surface area contributed by atoms with Gasteiger partial charge in [-0.15, -0.1) is 11.3 Å². The lowest BCUT2D eigenvalue weighted by Crippen LogP contribution is -2.45. The van der Waals surface area contributed by atoms with Crippen molar-refractivity contribution in [2.45, 2.75) is 25.6 Å². The summed E-state index contributed by atoms with van der Waals surface area (Å²) in [5, 5.41) is 7.42. The van der Waals surface area contributed by atoms with Crippen LogP contribution in [0.5, 0.6) is 0 Å². The van der Waals surface area contributed by atoms with Gasteiger partial charge in [-0.3, -0.25) is 4.90 Å². The summed E-state index contributed by atoms with van der Waals surface area (Å²) < 4.78 is 0. The molecule has 0 aliphatic carbocycles. The van der Waals surface area contributed by atoms with Gasteiger partial charge in [-0.2, -0.15) is 0 Å². The van der Waals surface area contributed by atoms with E-state index in [0.29, 0.717) is 0 Å². The number of nitrogens with zero attached hydrogens (tertiary/aromatic N) is 1. The molecule has 0 saturated heterocycles. The van der Waals surface area contributed by atoms with Gasteiger partial charge in [0.05, 0.1) is 6.04 Å². The molecule has 27 heavy (non-hydrogen) atoms. The minimum absolute atomic E-state index is 0.226. The Morgan fingerprint density at radius 3 is 2.78 bits per heavy atom. The Morgan fingerprint density at radius 1 is 1.04 bits per heavy atom. The Hall–Kier alpha value is -2.56. The molecule has 4 heteroatoms. The highest BCUT2D eigenvalue weighted by Gasteiger charge is 2.41. The molecule has 2 aromatic carbocycles. The van der Waals surface area contributed by atoms with Crippen molar-refractivity contribution in [3.05, 3.63) is 87.2 Å². The quantitative estimate of drug-likeness (QED) is 0.456. The minimum Gasteiger partial charge on any atom is -0.365 e. The summed E-state index contributed by atoms with van der Waals surface area (Å²) in [6.07, 6.45) is 1.31. The highest BCUT2D eigenvalue weighted by molar-refractivity contribution is 7.10. The maximum atomic E-state index is 3.83. The molecule has 0 spiro atoms. The van der Waals surface area contributed by atoms with E-state index in [1.165, 1.54) is 43.9 Å². The van der Waals surface area contributed by atoms with E-state index < -0.39 is 0 Å². The Labute approximate surface area is 162 Å². The van der Waals surface area contributed by atoms with E-state index in [2.05, 4.69) is 82.1 Å².